The average molecular weight is 286 g/mol. The second-order valence-electron chi connectivity index (χ2n) is 6.61. The summed E-state index contributed by atoms with van der Waals surface area (Å²) in [4.78, 5) is 28.2. The van der Waals surface area contributed by atoms with Crippen LogP contribution >= 0.6 is 0 Å². The Morgan fingerprint density at radius 1 is 1.24 bits per heavy atom. The van der Waals surface area contributed by atoms with Gasteiger partial charge in [-0.15, -0.1) is 0 Å². The fourth-order valence-electron chi connectivity index (χ4n) is 3.38. The normalized spacial score (nSPS) is 20.0. The molecule has 21 heavy (non-hydrogen) atoms. The van der Waals surface area contributed by atoms with E-state index >= 15 is 0 Å². The number of hydrogen-bond donors (Lipinski definition) is 0. The molecule has 112 valence electrons. The van der Waals surface area contributed by atoms with Gasteiger partial charge in [0.15, 0.2) is 0 Å². The lowest BCUT2D eigenvalue weighted by Gasteiger charge is -2.18. The molecular formula is C17H22N2O2. The average Bonchev–Trinajstić information content (AvgIpc) is 3.04. The van der Waals surface area contributed by atoms with Crippen LogP contribution in [0.4, 0.5) is 5.69 Å². The minimum atomic E-state index is -0.503. The fourth-order valence-corrected chi connectivity index (χ4v) is 3.38. The first-order valence-corrected chi connectivity index (χ1v) is 7.60. The van der Waals surface area contributed by atoms with Crippen LogP contribution in [-0.2, 0) is 21.4 Å². The summed E-state index contributed by atoms with van der Waals surface area (Å²) >= 11 is 0. The number of carbonyl (C=O) groups is 2. The molecule has 2 amide bonds. The van der Waals surface area contributed by atoms with Crippen molar-refractivity contribution in [2.24, 2.45) is 0 Å². The number of carbonyl (C=O) groups excluding carboxylic acids is 2. The number of nitrogens with zero attached hydrogens (tertiary/aromatic N) is 2. The summed E-state index contributed by atoms with van der Waals surface area (Å²) in [6.07, 6.45) is 2.66. The van der Waals surface area contributed by atoms with Crippen LogP contribution in [0.1, 0.15) is 37.8 Å². The largest absolute Gasteiger partial charge is 0.342 e. The van der Waals surface area contributed by atoms with Gasteiger partial charge >= 0.3 is 0 Å². The number of hydrogen-bond acceptors (Lipinski definition) is 2. The first-order chi connectivity index (χ1) is 9.91. The van der Waals surface area contributed by atoms with Crippen molar-refractivity contribution in [3.05, 3.63) is 29.3 Å². The van der Waals surface area contributed by atoms with E-state index in [1.165, 1.54) is 0 Å². The summed E-state index contributed by atoms with van der Waals surface area (Å²) in [6.45, 7) is 5.67. The lowest BCUT2D eigenvalue weighted by atomic mass is 9.85. The Labute approximate surface area is 125 Å². The van der Waals surface area contributed by atoms with E-state index in [2.05, 4.69) is 0 Å². The van der Waals surface area contributed by atoms with Crippen LogP contribution in [0.25, 0.3) is 0 Å². The van der Waals surface area contributed by atoms with Crippen LogP contribution in [0.15, 0.2) is 18.2 Å². The molecule has 4 nitrogen and oxygen atoms in total. The predicted octanol–water partition coefficient (Wildman–Crippen LogP) is 2.11. The van der Waals surface area contributed by atoms with Crippen molar-refractivity contribution in [3.63, 3.8) is 0 Å². The van der Waals surface area contributed by atoms with Crippen molar-refractivity contribution in [1.82, 2.24) is 4.90 Å². The number of anilines is 1. The topological polar surface area (TPSA) is 40.6 Å². The van der Waals surface area contributed by atoms with Gasteiger partial charge in [0.2, 0.25) is 11.8 Å². The fraction of sp³-hybridized carbons (Fsp3) is 0.529. The summed E-state index contributed by atoms with van der Waals surface area (Å²) < 4.78 is 0. The second kappa shape index (κ2) is 4.86. The van der Waals surface area contributed by atoms with Crippen molar-refractivity contribution >= 4 is 17.5 Å². The van der Waals surface area contributed by atoms with Gasteiger partial charge in [-0.2, -0.15) is 0 Å². The number of amides is 2. The maximum atomic E-state index is 12.3. The van der Waals surface area contributed by atoms with Gasteiger partial charge in [0.25, 0.3) is 0 Å². The second-order valence-corrected chi connectivity index (χ2v) is 6.61. The van der Waals surface area contributed by atoms with Gasteiger partial charge < -0.3 is 9.80 Å². The number of benzene rings is 1. The maximum absolute atomic E-state index is 12.3. The highest BCUT2D eigenvalue weighted by Gasteiger charge is 2.42. The van der Waals surface area contributed by atoms with Gasteiger partial charge in [-0.05, 0) is 43.9 Å². The molecule has 4 heteroatoms. The minimum absolute atomic E-state index is 0.112. The predicted molar refractivity (Wildman–Crippen MR) is 82.4 cm³/mol. The van der Waals surface area contributed by atoms with Gasteiger partial charge in [0.05, 0.1) is 11.8 Å². The van der Waals surface area contributed by atoms with Crippen LogP contribution in [0, 0.1) is 0 Å². The van der Waals surface area contributed by atoms with Gasteiger partial charge in [0.1, 0.15) is 0 Å². The Kier molecular flexibility index (Phi) is 3.27. The zero-order valence-electron chi connectivity index (χ0n) is 13.0. The van der Waals surface area contributed by atoms with Crippen LogP contribution in [0.5, 0.6) is 0 Å². The molecule has 2 aliphatic rings. The van der Waals surface area contributed by atoms with Gasteiger partial charge in [0, 0.05) is 25.8 Å². The lowest BCUT2D eigenvalue weighted by molar-refractivity contribution is -0.129. The number of rotatable bonds is 2. The van der Waals surface area contributed by atoms with Crippen molar-refractivity contribution in [1.29, 1.82) is 0 Å². The zero-order valence-corrected chi connectivity index (χ0v) is 13.0. The van der Waals surface area contributed by atoms with Crippen LogP contribution in [-0.4, -0.2) is 36.9 Å². The summed E-state index contributed by atoms with van der Waals surface area (Å²) in [6, 6.07) is 5.97. The molecular weight excluding hydrogens is 264 g/mol. The van der Waals surface area contributed by atoms with Crippen LogP contribution in [0.2, 0.25) is 0 Å². The molecule has 1 fully saturated rings. The quantitative estimate of drug-likeness (QED) is 0.835. The molecule has 0 unspecified atom stereocenters. The Bertz CT molecular complexity index is 601. The first-order valence-electron chi connectivity index (χ1n) is 7.60. The maximum Gasteiger partial charge on any atom is 0.236 e. The Morgan fingerprint density at radius 3 is 2.57 bits per heavy atom. The smallest absolute Gasteiger partial charge is 0.236 e. The van der Waals surface area contributed by atoms with Crippen molar-refractivity contribution in [3.8, 4) is 0 Å². The van der Waals surface area contributed by atoms with Gasteiger partial charge in [-0.25, -0.2) is 0 Å². The molecule has 1 aromatic carbocycles. The first kappa shape index (κ1) is 14.1. The standard InChI is InChI=1S/C17H22N2O2/c1-17(2)13-10-12(6-7-14(13)18(3)16(17)21)11-15(20)19-8-4-5-9-19/h6-7,10H,4-5,8-9,11H2,1-3H3. The van der Waals surface area contributed by atoms with Gasteiger partial charge in [-0.1, -0.05) is 12.1 Å². The Hall–Kier alpha value is -1.84. The van der Waals surface area contributed by atoms with E-state index in [0.717, 1.165) is 42.7 Å². The summed E-state index contributed by atoms with van der Waals surface area (Å²) in [7, 11) is 1.81. The van der Waals surface area contributed by atoms with E-state index in [4.69, 9.17) is 0 Å². The highest BCUT2D eigenvalue weighted by molar-refractivity contribution is 6.07. The molecule has 2 aliphatic heterocycles. The van der Waals surface area contributed by atoms with E-state index in [9.17, 15) is 9.59 Å². The molecule has 1 saturated heterocycles. The van der Waals surface area contributed by atoms with E-state index in [0.29, 0.717) is 6.42 Å². The highest BCUT2D eigenvalue weighted by atomic mass is 16.2. The van der Waals surface area contributed by atoms with E-state index in [1.54, 1.807) is 4.90 Å². The highest BCUT2D eigenvalue weighted by Crippen LogP contribution is 2.41. The van der Waals surface area contributed by atoms with E-state index < -0.39 is 5.41 Å². The van der Waals surface area contributed by atoms with Gasteiger partial charge in [-0.3, -0.25) is 9.59 Å². The van der Waals surface area contributed by atoms with Crippen molar-refractivity contribution in [2.45, 2.75) is 38.5 Å². The number of likely N-dealkylation sites (tertiary alicyclic amines) is 1. The molecule has 0 saturated carbocycles. The minimum Gasteiger partial charge on any atom is -0.342 e. The van der Waals surface area contributed by atoms with Crippen LogP contribution in [0.3, 0.4) is 0 Å². The zero-order chi connectivity index (χ0) is 15.2. The molecule has 0 atom stereocenters. The summed E-state index contributed by atoms with van der Waals surface area (Å²) in [5, 5.41) is 0. The Morgan fingerprint density at radius 2 is 1.90 bits per heavy atom. The molecule has 3 rings (SSSR count). The van der Waals surface area contributed by atoms with E-state index in [1.807, 2.05) is 44.0 Å². The van der Waals surface area contributed by atoms with Crippen molar-refractivity contribution < 1.29 is 9.59 Å². The molecule has 0 bridgehead atoms. The molecule has 0 aliphatic carbocycles. The third kappa shape index (κ3) is 2.23. The van der Waals surface area contributed by atoms with E-state index in [-0.39, 0.29) is 11.8 Å². The molecule has 0 radical (unpaired) electrons. The molecule has 2 heterocycles. The third-order valence-corrected chi connectivity index (χ3v) is 4.75. The number of fused-ring (bicyclic) bond motifs is 1. The third-order valence-electron chi connectivity index (χ3n) is 4.75. The molecule has 0 aromatic heterocycles. The molecule has 1 aromatic rings. The molecule has 0 spiro atoms. The summed E-state index contributed by atoms with van der Waals surface area (Å²) in [5.74, 6) is 0.309. The van der Waals surface area contributed by atoms with Crippen molar-refractivity contribution in [2.75, 3.05) is 25.0 Å². The Balaban J connectivity index is 1.85. The molecule has 0 N–H and O–H groups in total. The summed E-state index contributed by atoms with van der Waals surface area (Å²) in [5.41, 5.74) is 2.49. The lowest BCUT2D eigenvalue weighted by Crippen LogP contribution is -2.33. The SMILES string of the molecule is CN1C(=O)C(C)(C)c2cc(CC(=O)N3CCCC3)ccc21. The number of likely N-dealkylation sites (N-methyl/N-ethyl adjacent to an activating group) is 1. The monoisotopic (exact) mass is 286 g/mol. The van der Waals surface area contributed by atoms with Crippen LogP contribution < -0.4 is 4.90 Å².